The van der Waals surface area contributed by atoms with Crippen LogP contribution >= 0.6 is 0 Å². The van der Waals surface area contributed by atoms with Crippen molar-refractivity contribution in [2.24, 2.45) is 0 Å². The van der Waals surface area contributed by atoms with E-state index in [1.165, 1.54) is 10.9 Å². The van der Waals surface area contributed by atoms with Crippen LogP contribution < -0.4 is 5.32 Å². The Morgan fingerprint density at radius 1 is 1.12 bits per heavy atom. The molecule has 4 rings (SSSR count). The van der Waals surface area contributed by atoms with Gasteiger partial charge >= 0.3 is 0 Å². The van der Waals surface area contributed by atoms with Gasteiger partial charge < -0.3 is 10.3 Å². The fourth-order valence-corrected chi connectivity index (χ4v) is 2.75. The van der Waals surface area contributed by atoms with Crippen molar-refractivity contribution in [3.05, 3.63) is 78.5 Å². The Morgan fingerprint density at radius 2 is 2.00 bits per heavy atom. The van der Waals surface area contributed by atoms with Gasteiger partial charge in [0.2, 0.25) is 0 Å². The van der Waals surface area contributed by atoms with Crippen LogP contribution in [0.25, 0.3) is 16.6 Å². The molecule has 0 saturated heterocycles. The predicted molar refractivity (Wildman–Crippen MR) is 94.9 cm³/mol. The second-order valence-corrected chi connectivity index (χ2v) is 5.88. The molecule has 24 heavy (non-hydrogen) atoms. The van der Waals surface area contributed by atoms with Gasteiger partial charge in [-0.25, -0.2) is 9.67 Å². The van der Waals surface area contributed by atoms with Crippen molar-refractivity contribution in [1.82, 2.24) is 25.1 Å². The van der Waals surface area contributed by atoms with Crippen molar-refractivity contribution >= 4 is 10.9 Å². The number of fused-ring (bicyclic) bond motifs is 1. The third-order valence-corrected chi connectivity index (χ3v) is 4.15. The molecule has 5 heteroatoms. The van der Waals surface area contributed by atoms with E-state index in [1.54, 1.807) is 11.0 Å². The lowest BCUT2D eigenvalue weighted by molar-refractivity contribution is 0.545. The quantitative estimate of drug-likeness (QED) is 0.591. The smallest absolute Gasteiger partial charge is 0.167 e. The first-order valence-electron chi connectivity index (χ1n) is 8.06. The zero-order valence-electron chi connectivity index (χ0n) is 13.5. The molecule has 2 aromatic carbocycles. The molecule has 2 N–H and O–H groups in total. The lowest BCUT2D eigenvalue weighted by atomic mass is 10.1. The number of H-pyrrole nitrogens is 1. The Morgan fingerprint density at radius 3 is 2.88 bits per heavy atom. The monoisotopic (exact) mass is 317 g/mol. The summed E-state index contributed by atoms with van der Waals surface area (Å²) in [7, 11) is 0. The van der Waals surface area contributed by atoms with Crippen LogP contribution in [0.1, 0.15) is 24.4 Å². The number of nitrogens with one attached hydrogen (secondary N) is 2. The van der Waals surface area contributed by atoms with E-state index in [4.69, 9.17) is 0 Å². The van der Waals surface area contributed by atoms with E-state index < -0.39 is 0 Å². The van der Waals surface area contributed by atoms with Crippen molar-refractivity contribution in [1.29, 1.82) is 0 Å². The summed E-state index contributed by atoms with van der Waals surface area (Å²) in [6.07, 6.45) is 3.72. The second-order valence-electron chi connectivity index (χ2n) is 5.88. The van der Waals surface area contributed by atoms with E-state index in [9.17, 15) is 0 Å². The third kappa shape index (κ3) is 2.94. The Balaban J connectivity index is 1.44. The minimum atomic E-state index is 0.0804. The molecule has 0 aliphatic carbocycles. The third-order valence-electron chi connectivity index (χ3n) is 4.15. The summed E-state index contributed by atoms with van der Waals surface area (Å²) in [5.74, 6) is 0.793. The summed E-state index contributed by atoms with van der Waals surface area (Å²) in [4.78, 5) is 7.64. The molecule has 2 heterocycles. The van der Waals surface area contributed by atoms with E-state index in [2.05, 4.69) is 51.6 Å². The highest BCUT2D eigenvalue weighted by molar-refractivity contribution is 5.79. The fourth-order valence-electron chi connectivity index (χ4n) is 2.75. The largest absolute Gasteiger partial charge is 0.361 e. The van der Waals surface area contributed by atoms with Gasteiger partial charge in [0.15, 0.2) is 5.82 Å². The molecule has 120 valence electrons. The molecule has 0 fully saturated rings. The number of hydrogen-bond acceptors (Lipinski definition) is 3. The molecular formula is C19H19N5. The molecule has 0 bridgehead atoms. The van der Waals surface area contributed by atoms with Crippen molar-refractivity contribution < 1.29 is 0 Å². The van der Waals surface area contributed by atoms with Gasteiger partial charge in [-0.15, -0.1) is 5.10 Å². The zero-order valence-corrected chi connectivity index (χ0v) is 13.5. The van der Waals surface area contributed by atoms with Crippen LogP contribution in [0.15, 0.2) is 67.1 Å². The predicted octanol–water partition coefficient (Wildman–Crippen LogP) is 3.60. The lowest BCUT2D eigenvalue weighted by Crippen LogP contribution is -2.19. The van der Waals surface area contributed by atoms with Crippen molar-refractivity contribution in [3.63, 3.8) is 0 Å². The Kier molecular flexibility index (Phi) is 3.84. The van der Waals surface area contributed by atoms with Crippen LogP contribution in [0.3, 0.4) is 0 Å². The Labute approximate surface area is 140 Å². The SMILES string of the molecule is CC(NCc1ccc2[nH]ccc2c1)c1ncn(-c2ccccc2)n1. The summed E-state index contributed by atoms with van der Waals surface area (Å²) in [6.45, 7) is 2.86. The maximum Gasteiger partial charge on any atom is 0.167 e. The van der Waals surface area contributed by atoms with Gasteiger partial charge in [0.05, 0.1) is 11.7 Å². The Bertz CT molecular complexity index is 938. The van der Waals surface area contributed by atoms with Crippen LogP contribution in [-0.4, -0.2) is 19.7 Å². The number of aromatic amines is 1. The number of para-hydroxylation sites is 1. The van der Waals surface area contributed by atoms with E-state index in [0.717, 1.165) is 23.6 Å². The molecule has 4 aromatic rings. The number of hydrogen-bond donors (Lipinski definition) is 2. The average Bonchev–Trinajstić information content (AvgIpc) is 3.29. The van der Waals surface area contributed by atoms with Crippen LogP contribution in [0.4, 0.5) is 0 Å². The highest BCUT2D eigenvalue weighted by Crippen LogP contribution is 2.15. The van der Waals surface area contributed by atoms with Gasteiger partial charge in [-0.05, 0) is 48.2 Å². The van der Waals surface area contributed by atoms with Gasteiger partial charge in [-0.2, -0.15) is 0 Å². The van der Waals surface area contributed by atoms with Gasteiger partial charge in [0.1, 0.15) is 6.33 Å². The molecule has 1 unspecified atom stereocenters. The van der Waals surface area contributed by atoms with Crippen molar-refractivity contribution in [3.8, 4) is 5.69 Å². The summed E-state index contributed by atoms with van der Waals surface area (Å²) in [5, 5.41) is 9.29. The standard InChI is InChI=1S/C19H19N5/c1-14(19-22-13-24(23-19)17-5-3-2-4-6-17)21-12-15-7-8-18-16(11-15)9-10-20-18/h2-11,13-14,20-21H,12H2,1H3. The first-order valence-corrected chi connectivity index (χ1v) is 8.06. The van der Waals surface area contributed by atoms with Gasteiger partial charge in [0, 0.05) is 18.3 Å². The molecule has 0 aliphatic heterocycles. The van der Waals surface area contributed by atoms with Crippen LogP contribution in [0.5, 0.6) is 0 Å². The number of aromatic nitrogens is 4. The minimum Gasteiger partial charge on any atom is -0.361 e. The van der Waals surface area contributed by atoms with Crippen molar-refractivity contribution in [2.45, 2.75) is 19.5 Å². The second kappa shape index (κ2) is 6.29. The maximum atomic E-state index is 4.57. The number of benzene rings is 2. The molecule has 0 spiro atoms. The Hall–Kier alpha value is -2.92. The van der Waals surface area contributed by atoms with E-state index in [1.807, 2.05) is 36.5 Å². The summed E-state index contributed by atoms with van der Waals surface area (Å²) >= 11 is 0. The summed E-state index contributed by atoms with van der Waals surface area (Å²) in [6, 6.07) is 18.6. The molecule has 2 aromatic heterocycles. The molecule has 5 nitrogen and oxygen atoms in total. The number of nitrogens with zero attached hydrogens (tertiary/aromatic N) is 3. The van der Waals surface area contributed by atoms with Gasteiger partial charge in [-0.1, -0.05) is 24.3 Å². The summed E-state index contributed by atoms with van der Waals surface area (Å²) < 4.78 is 1.80. The van der Waals surface area contributed by atoms with Gasteiger partial charge in [-0.3, -0.25) is 0 Å². The number of rotatable bonds is 5. The van der Waals surface area contributed by atoms with Crippen LogP contribution in [-0.2, 0) is 6.54 Å². The van der Waals surface area contributed by atoms with E-state index >= 15 is 0 Å². The highest BCUT2D eigenvalue weighted by atomic mass is 15.3. The average molecular weight is 317 g/mol. The van der Waals surface area contributed by atoms with Crippen LogP contribution in [0, 0.1) is 0 Å². The van der Waals surface area contributed by atoms with E-state index in [-0.39, 0.29) is 6.04 Å². The topological polar surface area (TPSA) is 58.5 Å². The van der Waals surface area contributed by atoms with E-state index in [0.29, 0.717) is 0 Å². The maximum absolute atomic E-state index is 4.57. The molecular weight excluding hydrogens is 298 g/mol. The normalized spacial score (nSPS) is 12.5. The summed E-state index contributed by atoms with van der Waals surface area (Å²) in [5.41, 5.74) is 3.42. The van der Waals surface area contributed by atoms with Gasteiger partial charge in [0.25, 0.3) is 0 Å². The zero-order chi connectivity index (χ0) is 16.4. The fraction of sp³-hybridized carbons (Fsp3) is 0.158. The van der Waals surface area contributed by atoms with Crippen LogP contribution in [0.2, 0.25) is 0 Å². The molecule has 0 radical (unpaired) electrons. The minimum absolute atomic E-state index is 0.0804. The van der Waals surface area contributed by atoms with Crippen molar-refractivity contribution in [2.75, 3.05) is 0 Å². The molecule has 0 amide bonds. The molecule has 0 aliphatic rings. The first-order chi connectivity index (χ1) is 11.8. The molecule has 0 saturated carbocycles. The lowest BCUT2D eigenvalue weighted by Gasteiger charge is -2.10. The highest BCUT2D eigenvalue weighted by Gasteiger charge is 2.11. The molecule has 1 atom stereocenters. The first kappa shape index (κ1) is 14.7.